The molecule has 1 atom stereocenters. The quantitative estimate of drug-likeness (QED) is 0.568. The van der Waals surface area contributed by atoms with Gasteiger partial charge in [0.05, 0.1) is 5.69 Å². The molecule has 0 saturated heterocycles. The molecule has 6 heteroatoms. The molecule has 1 N–H and O–H groups in total. The smallest absolute Gasteiger partial charge is 0.283 e. The van der Waals surface area contributed by atoms with Crippen LogP contribution in [0.3, 0.4) is 0 Å². The van der Waals surface area contributed by atoms with Crippen molar-refractivity contribution in [1.29, 1.82) is 0 Å². The van der Waals surface area contributed by atoms with Crippen LogP contribution in [0.1, 0.15) is 23.9 Å². The fourth-order valence-electron chi connectivity index (χ4n) is 3.16. The number of nitrogens with one attached hydrogen (secondary N) is 1. The third-order valence-electron chi connectivity index (χ3n) is 4.40. The highest BCUT2D eigenvalue weighted by molar-refractivity contribution is 7.17. The molecule has 0 aliphatic rings. The van der Waals surface area contributed by atoms with Gasteiger partial charge in [0.2, 0.25) is 0 Å². The Kier molecular flexibility index (Phi) is 5.10. The molecule has 1 heterocycles. The van der Waals surface area contributed by atoms with Crippen LogP contribution in [-0.2, 0) is 12.2 Å². The van der Waals surface area contributed by atoms with Gasteiger partial charge in [0.25, 0.3) is 5.66 Å². The summed E-state index contributed by atoms with van der Waals surface area (Å²) in [5, 5.41) is 7.87. The van der Waals surface area contributed by atoms with Crippen molar-refractivity contribution in [3.8, 4) is 11.1 Å². The fraction of sp³-hybridized carbons (Fsp3) is 0.250. The van der Waals surface area contributed by atoms with Crippen LogP contribution >= 0.6 is 9.24 Å². The van der Waals surface area contributed by atoms with Crippen molar-refractivity contribution in [1.82, 2.24) is 9.78 Å². The highest BCUT2D eigenvalue weighted by Gasteiger charge is 2.24. The SMILES string of the molecule is CCn1nc(C)c(-c2ccccc2Nc2cccc(C(F)(F)P)c2)c1C. The molecule has 136 valence electrons. The van der Waals surface area contributed by atoms with E-state index in [9.17, 15) is 8.78 Å². The maximum Gasteiger partial charge on any atom is 0.283 e. The van der Waals surface area contributed by atoms with Gasteiger partial charge in [0, 0.05) is 40.3 Å². The van der Waals surface area contributed by atoms with E-state index in [0.29, 0.717) is 5.69 Å². The Hall–Kier alpha value is -2.26. The standard InChI is InChI=1S/C20H22F2N3P/c1-4-25-14(3)19(13(2)24-25)17-10-5-6-11-18(17)23-16-9-7-8-15(12-16)20(21,22)26/h5-12,23H,4,26H2,1-3H3. The van der Waals surface area contributed by atoms with E-state index >= 15 is 0 Å². The van der Waals surface area contributed by atoms with Gasteiger partial charge in [-0.2, -0.15) is 13.9 Å². The third-order valence-corrected chi connectivity index (χ3v) is 4.74. The molecule has 1 unspecified atom stereocenters. The minimum Gasteiger partial charge on any atom is -0.355 e. The Balaban J connectivity index is 2.03. The summed E-state index contributed by atoms with van der Waals surface area (Å²) in [7, 11) is 1.58. The number of halogens is 2. The summed E-state index contributed by atoms with van der Waals surface area (Å²) >= 11 is 0. The molecular weight excluding hydrogens is 351 g/mol. The minimum absolute atomic E-state index is 0.0452. The van der Waals surface area contributed by atoms with Gasteiger partial charge >= 0.3 is 0 Å². The average Bonchev–Trinajstić information content (AvgIpc) is 2.89. The molecule has 0 aliphatic heterocycles. The zero-order valence-corrected chi connectivity index (χ0v) is 16.2. The highest BCUT2D eigenvalue weighted by atomic mass is 31.0. The number of alkyl halides is 2. The maximum absolute atomic E-state index is 13.6. The molecule has 3 rings (SSSR count). The minimum atomic E-state index is -2.95. The van der Waals surface area contributed by atoms with Crippen LogP contribution in [0, 0.1) is 13.8 Å². The summed E-state index contributed by atoms with van der Waals surface area (Å²) in [6.45, 7) is 6.89. The van der Waals surface area contributed by atoms with E-state index in [4.69, 9.17) is 0 Å². The maximum atomic E-state index is 13.6. The normalized spacial score (nSPS) is 11.6. The molecule has 0 spiro atoms. The average molecular weight is 373 g/mol. The van der Waals surface area contributed by atoms with Gasteiger partial charge in [-0.1, -0.05) is 39.6 Å². The number of benzene rings is 2. The Morgan fingerprint density at radius 2 is 1.85 bits per heavy atom. The predicted octanol–water partition coefficient (Wildman–Crippen LogP) is 5.85. The van der Waals surface area contributed by atoms with Crippen molar-refractivity contribution in [2.45, 2.75) is 33.0 Å². The first-order valence-electron chi connectivity index (χ1n) is 8.49. The van der Waals surface area contributed by atoms with Crippen molar-refractivity contribution in [3.63, 3.8) is 0 Å². The van der Waals surface area contributed by atoms with Crippen LogP contribution in [-0.4, -0.2) is 9.78 Å². The van der Waals surface area contributed by atoms with E-state index in [1.165, 1.54) is 12.1 Å². The molecule has 2 aromatic carbocycles. The summed E-state index contributed by atoms with van der Waals surface area (Å²) in [6, 6.07) is 14.2. The van der Waals surface area contributed by atoms with E-state index in [-0.39, 0.29) is 5.56 Å². The fourth-order valence-corrected chi connectivity index (χ4v) is 3.34. The Bertz CT molecular complexity index is 929. The van der Waals surface area contributed by atoms with E-state index in [1.807, 2.05) is 42.8 Å². The predicted molar refractivity (Wildman–Crippen MR) is 106 cm³/mol. The van der Waals surface area contributed by atoms with Crippen LogP contribution in [0.4, 0.5) is 20.2 Å². The second kappa shape index (κ2) is 7.16. The van der Waals surface area contributed by atoms with E-state index < -0.39 is 5.66 Å². The van der Waals surface area contributed by atoms with Crippen molar-refractivity contribution >= 4 is 20.6 Å². The molecule has 0 radical (unpaired) electrons. The highest BCUT2D eigenvalue weighted by Crippen LogP contribution is 2.38. The van der Waals surface area contributed by atoms with Crippen LogP contribution < -0.4 is 5.32 Å². The second-order valence-electron chi connectivity index (χ2n) is 6.24. The van der Waals surface area contributed by atoms with Crippen molar-refractivity contribution in [2.24, 2.45) is 0 Å². The molecule has 0 fully saturated rings. The van der Waals surface area contributed by atoms with Gasteiger partial charge in [-0.25, -0.2) is 0 Å². The van der Waals surface area contributed by atoms with Gasteiger partial charge in [-0.05, 0) is 39.0 Å². The van der Waals surface area contributed by atoms with Crippen LogP contribution in [0.15, 0.2) is 48.5 Å². The van der Waals surface area contributed by atoms with Crippen LogP contribution in [0.25, 0.3) is 11.1 Å². The summed E-state index contributed by atoms with van der Waals surface area (Å²) in [5.74, 6) is 0. The lowest BCUT2D eigenvalue weighted by Gasteiger charge is -2.15. The Morgan fingerprint density at radius 3 is 2.50 bits per heavy atom. The first-order valence-corrected chi connectivity index (χ1v) is 9.06. The number of anilines is 2. The summed E-state index contributed by atoms with van der Waals surface area (Å²) in [6.07, 6.45) is 0. The number of aromatic nitrogens is 2. The summed E-state index contributed by atoms with van der Waals surface area (Å²) in [4.78, 5) is 0. The second-order valence-corrected chi connectivity index (χ2v) is 6.96. The first-order chi connectivity index (χ1) is 12.3. The summed E-state index contributed by atoms with van der Waals surface area (Å²) < 4.78 is 29.1. The molecule has 0 bridgehead atoms. The van der Waals surface area contributed by atoms with Crippen LogP contribution in [0.5, 0.6) is 0 Å². The van der Waals surface area contributed by atoms with E-state index in [1.54, 1.807) is 21.4 Å². The van der Waals surface area contributed by atoms with Crippen molar-refractivity contribution < 1.29 is 8.78 Å². The number of hydrogen-bond acceptors (Lipinski definition) is 2. The first kappa shape index (κ1) is 18.5. The molecule has 0 amide bonds. The number of para-hydroxylation sites is 1. The lowest BCUT2D eigenvalue weighted by molar-refractivity contribution is 0.104. The monoisotopic (exact) mass is 373 g/mol. The van der Waals surface area contributed by atoms with Gasteiger partial charge in [-0.3, -0.25) is 4.68 Å². The molecule has 3 nitrogen and oxygen atoms in total. The lowest BCUT2D eigenvalue weighted by Crippen LogP contribution is -2.03. The molecule has 26 heavy (non-hydrogen) atoms. The van der Waals surface area contributed by atoms with E-state index in [2.05, 4.69) is 17.3 Å². The number of aryl methyl sites for hydroxylation is 2. The largest absolute Gasteiger partial charge is 0.355 e. The molecule has 1 aromatic heterocycles. The van der Waals surface area contributed by atoms with Crippen LogP contribution in [0.2, 0.25) is 0 Å². The van der Waals surface area contributed by atoms with E-state index in [0.717, 1.165) is 34.7 Å². The Labute approximate surface area is 154 Å². The number of nitrogens with zero attached hydrogens (tertiary/aromatic N) is 2. The number of hydrogen-bond donors (Lipinski definition) is 1. The van der Waals surface area contributed by atoms with Gasteiger partial charge < -0.3 is 5.32 Å². The zero-order valence-electron chi connectivity index (χ0n) is 15.1. The lowest BCUT2D eigenvalue weighted by atomic mass is 10.0. The topological polar surface area (TPSA) is 29.9 Å². The van der Waals surface area contributed by atoms with Gasteiger partial charge in [0.1, 0.15) is 0 Å². The zero-order chi connectivity index (χ0) is 18.9. The van der Waals surface area contributed by atoms with Gasteiger partial charge in [-0.15, -0.1) is 0 Å². The summed E-state index contributed by atoms with van der Waals surface area (Å²) in [5.41, 5.74) is 2.60. The molecule has 0 aliphatic carbocycles. The van der Waals surface area contributed by atoms with Crippen molar-refractivity contribution in [2.75, 3.05) is 5.32 Å². The van der Waals surface area contributed by atoms with Crippen molar-refractivity contribution in [3.05, 3.63) is 65.5 Å². The molecule has 0 saturated carbocycles. The molecular formula is C20H22F2N3P. The third kappa shape index (κ3) is 3.63. The molecule has 3 aromatic rings. The van der Waals surface area contributed by atoms with Gasteiger partial charge in [0.15, 0.2) is 0 Å². The number of rotatable bonds is 5. The Morgan fingerprint density at radius 1 is 1.12 bits per heavy atom.